The van der Waals surface area contributed by atoms with Crippen LogP contribution in [0.25, 0.3) is 23.4 Å². The second-order valence-electron chi connectivity index (χ2n) is 6.48. The second kappa shape index (κ2) is 8.18. The highest BCUT2D eigenvalue weighted by molar-refractivity contribution is 5.93. The van der Waals surface area contributed by atoms with Crippen molar-refractivity contribution in [3.63, 3.8) is 0 Å². The summed E-state index contributed by atoms with van der Waals surface area (Å²) in [5, 5.41) is 20.1. The first-order valence-corrected chi connectivity index (χ1v) is 8.75. The van der Waals surface area contributed by atoms with E-state index in [2.05, 4.69) is 15.6 Å². The number of aliphatic hydroxyl groups excluding tert-OH is 1. The predicted octanol–water partition coefficient (Wildman–Crippen LogP) is 2.80. The molecule has 2 heterocycles. The molecule has 146 valence electrons. The van der Waals surface area contributed by atoms with Crippen LogP contribution in [-0.2, 0) is 7.05 Å². The van der Waals surface area contributed by atoms with Crippen LogP contribution in [-0.4, -0.2) is 38.6 Å². The Balaban J connectivity index is 1.85. The van der Waals surface area contributed by atoms with Gasteiger partial charge in [0.25, 0.3) is 5.91 Å². The van der Waals surface area contributed by atoms with Gasteiger partial charge in [0.05, 0.1) is 12.3 Å². The summed E-state index contributed by atoms with van der Waals surface area (Å²) >= 11 is 0. The van der Waals surface area contributed by atoms with E-state index in [0.717, 1.165) is 11.1 Å². The number of aryl methyl sites for hydroxylation is 2. The summed E-state index contributed by atoms with van der Waals surface area (Å²) in [6.07, 6.45) is 3.55. The molecule has 0 radical (unpaired) electrons. The molecule has 1 atom stereocenters. The number of aliphatic hydroxyl groups is 1. The number of hydrogen-bond donors (Lipinski definition) is 2. The molecule has 2 aromatic heterocycles. The van der Waals surface area contributed by atoms with Gasteiger partial charge in [-0.25, -0.2) is 4.39 Å². The molecule has 1 aromatic carbocycles. The van der Waals surface area contributed by atoms with E-state index in [9.17, 15) is 9.18 Å². The Morgan fingerprint density at radius 2 is 2.07 bits per heavy atom. The molecule has 3 aromatic rings. The number of halogens is 1. The van der Waals surface area contributed by atoms with Gasteiger partial charge in [-0.2, -0.15) is 5.10 Å². The Labute approximate surface area is 161 Å². The van der Waals surface area contributed by atoms with Crippen LogP contribution in [0.3, 0.4) is 0 Å². The normalized spacial score (nSPS) is 12.5. The van der Waals surface area contributed by atoms with Gasteiger partial charge in [-0.3, -0.25) is 9.48 Å². The van der Waals surface area contributed by atoms with Crippen molar-refractivity contribution in [2.45, 2.75) is 19.9 Å². The average Bonchev–Trinajstić information content (AvgIpc) is 3.23. The molecule has 0 saturated heterocycles. The minimum Gasteiger partial charge on any atom is -0.394 e. The zero-order valence-corrected chi connectivity index (χ0v) is 15.8. The van der Waals surface area contributed by atoms with E-state index >= 15 is 0 Å². The third kappa shape index (κ3) is 4.17. The van der Waals surface area contributed by atoms with E-state index in [1.807, 2.05) is 0 Å². The van der Waals surface area contributed by atoms with Crippen molar-refractivity contribution in [1.82, 2.24) is 20.3 Å². The van der Waals surface area contributed by atoms with Gasteiger partial charge in [0.2, 0.25) is 0 Å². The monoisotopic (exact) mass is 384 g/mol. The molecule has 28 heavy (non-hydrogen) atoms. The molecular formula is C20H21FN4O3. The zero-order chi connectivity index (χ0) is 20.3. The van der Waals surface area contributed by atoms with Crippen molar-refractivity contribution in [2.24, 2.45) is 7.05 Å². The summed E-state index contributed by atoms with van der Waals surface area (Å²) in [6, 6.07) is 7.30. The lowest BCUT2D eigenvalue weighted by Crippen LogP contribution is -2.36. The van der Waals surface area contributed by atoms with Crippen LogP contribution < -0.4 is 5.32 Å². The molecule has 0 bridgehead atoms. The summed E-state index contributed by atoms with van der Waals surface area (Å²) in [7, 11) is 1.67. The topological polar surface area (TPSA) is 93.2 Å². The Morgan fingerprint density at radius 1 is 1.36 bits per heavy atom. The van der Waals surface area contributed by atoms with E-state index in [4.69, 9.17) is 9.63 Å². The van der Waals surface area contributed by atoms with Crippen molar-refractivity contribution in [2.75, 3.05) is 6.61 Å². The molecular weight excluding hydrogens is 363 g/mol. The maximum absolute atomic E-state index is 13.2. The minimum absolute atomic E-state index is 0.144. The van der Waals surface area contributed by atoms with Crippen molar-refractivity contribution in [3.05, 3.63) is 58.9 Å². The number of carbonyl (C=O) groups excluding carboxylic acids is 1. The number of hydrogen-bond acceptors (Lipinski definition) is 5. The second-order valence-corrected chi connectivity index (χ2v) is 6.48. The fraction of sp³-hybridized carbons (Fsp3) is 0.250. The molecule has 7 nitrogen and oxygen atoms in total. The Kier molecular flexibility index (Phi) is 5.70. The maximum Gasteiger partial charge on any atom is 0.269 e. The molecule has 1 amide bonds. The first kappa shape index (κ1) is 19.5. The van der Waals surface area contributed by atoms with Crippen molar-refractivity contribution in [1.29, 1.82) is 0 Å². The number of nitrogens with zero attached hydrogens (tertiary/aromatic N) is 3. The third-order valence-corrected chi connectivity index (χ3v) is 4.23. The molecule has 1 unspecified atom stereocenters. The molecule has 0 aliphatic heterocycles. The van der Waals surface area contributed by atoms with Gasteiger partial charge in [0.1, 0.15) is 23.0 Å². The molecule has 8 heteroatoms. The van der Waals surface area contributed by atoms with Crippen LogP contribution in [0, 0.1) is 12.7 Å². The summed E-state index contributed by atoms with van der Waals surface area (Å²) < 4.78 is 19.9. The fourth-order valence-corrected chi connectivity index (χ4v) is 2.69. The molecule has 3 rings (SSSR count). The van der Waals surface area contributed by atoms with Crippen LogP contribution in [0.2, 0.25) is 0 Å². The van der Waals surface area contributed by atoms with Crippen molar-refractivity contribution >= 4 is 18.1 Å². The lowest BCUT2D eigenvalue weighted by molar-refractivity contribution is 0.0912. The lowest BCUT2D eigenvalue weighted by atomic mass is 10.1. The first-order chi connectivity index (χ1) is 13.4. The number of aromatic nitrogens is 3. The highest BCUT2D eigenvalue weighted by Crippen LogP contribution is 2.27. The first-order valence-electron chi connectivity index (χ1n) is 8.75. The van der Waals surface area contributed by atoms with Gasteiger partial charge in [-0.1, -0.05) is 5.16 Å². The lowest BCUT2D eigenvalue weighted by Gasteiger charge is -2.10. The van der Waals surface area contributed by atoms with E-state index in [1.165, 1.54) is 16.8 Å². The standard InChI is InChI=1S/C20H21FN4O3/c1-12(11-26)22-20(27)18-10-16(23-25(18)3)8-9-17-13(2)28-24-19(17)14-4-6-15(21)7-5-14/h4-10,12,26H,11H2,1-3H3,(H,22,27)/b9-8-. The Morgan fingerprint density at radius 3 is 2.75 bits per heavy atom. The highest BCUT2D eigenvalue weighted by Gasteiger charge is 2.15. The Bertz CT molecular complexity index is 1010. The van der Waals surface area contributed by atoms with Gasteiger partial charge >= 0.3 is 0 Å². The van der Waals surface area contributed by atoms with Gasteiger partial charge < -0.3 is 14.9 Å². The number of benzene rings is 1. The molecule has 2 N–H and O–H groups in total. The Hall–Kier alpha value is -3.26. The highest BCUT2D eigenvalue weighted by atomic mass is 19.1. The van der Waals surface area contributed by atoms with Crippen LogP contribution in [0.5, 0.6) is 0 Å². The minimum atomic E-state index is -0.348. The summed E-state index contributed by atoms with van der Waals surface area (Å²) in [4.78, 5) is 12.2. The van der Waals surface area contributed by atoms with Gasteiger partial charge in [-0.15, -0.1) is 0 Å². The number of nitrogens with one attached hydrogen (secondary N) is 1. The number of carbonyl (C=O) groups is 1. The predicted molar refractivity (Wildman–Crippen MR) is 103 cm³/mol. The van der Waals surface area contributed by atoms with Gasteiger partial charge in [0, 0.05) is 24.2 Å². The SMILES string of the molecule is Cc1onc(-c2ccc(F)cc2)c1/C=C\c1cc(C(=O)NC(C)CO)n(C)n1. The molecule has 0 fully saturated rings. The van der Waals surface area contributed by atoms with Crippen LogP contribution in [0.4, 0.5) is 4.39 Å². The van der Waals surface area contributed by atoms with Gasteiger partial charge in [-0.05, 0) is 56.3 Å². The zero-order valence-electron chi connectivity index (χ0n) is 15.8. The quantitative estimate of drug-likeness (QED) is 0.682. The molecule has 0 aliphatic rings. The van der Waals surface area contributed by atoms with Crippen molar-refractivity contribution < 1.29 is 18.8 Å². The van der Waals surface area contributed by atoms with Crippen LogP contribution in [0.1, 0.15) is 34.4 Å². The maximum atomic E-state index is 13.2. The van der Waals surface area contributed by atoms with E-state index in [-0.39, 0.29) is 24.4 Å². The molecule has 0 aliphatic carbocycles. The third-order valence-electron chi connectivity index (χ3n) is 4.23. The largest absolute Gasteiger partial charge is 0.394 e. The smallest absolute Gasteiger partial charge is 0.269 e. The van der Waals surface area contributed by atoms with Crippen LogP contribution in [0.15, 0.2) is 34.9 Å². The van der Waals surface area contributed by atoms with E-state index in [0.29, 0.717) is 22.8 Å². The fourth-order valence-electron chi connectivity index (χ4n) is 2.69. The van der Waals surface area contributed by atoms with Gasteiger partial charge in [0.15, 0.2) is 0 Å². The van der Waals surface area contributed by atoms with Crippen molar-refractivity contribution in [3.8, 4) is 11.3 Å². The average molecular weight is 384 g/mol. The van der Waals surface area contributed by atoms with E-state index in [1.54, 1.807) is 51.2 Å². The summed E-state index contributed by atoms with van der Waals surface area (Å²) in [6.45, 7) is 3.35. The number of amides is 1. The molecule has 0 spiro atoms. The summed E-state index contributed by atoms with van der Waals surface area (Å²) in [5.74, 6) is -0.0264. The summed E-state index contributed by atoms with van der Waals surface area (Å²) in [5.41, 5.74) is 3.03. The van der Waals surface area contributed by atoms with Crippen LogP contribution >= 0.6 is 0 Å². The van der Waals surface area contributed by atoms with E-state index < -0.39 is 0 Å². The number of rotatable bonds is 6. The molecule has 0 saturated carbocycles.